The second-order valence-corrected chi connectivity index (χ2v) is 6.26. The summed E-state index contributed by atoms with van der Waals surface area (Å²) in [5.74, 6) is 1.69. The summed E-state index contributed by atoms with van der Waals surface area (Å²) < 4.78 is 0. The molecule has 1 aromatic rings. The Kier molecular flexibility index (Phi) is 3.74. The van der Waals surface area contributed by atoms with E-state index in [4.69, 9.17) is 4.98 Å². The minimum absolute atomic E-state index is 0.502. The maximum absolute atomic E-state index is 4.86. The quantitative estimate of drug-likeness (QED) is 0.881. The summed E-state index contributed by atoms with van der Waals surface area (Å²) >= 11 is 0. The van der Waals surface area contributed by atoms with Gasteiger partial charge in [0.15, 0.2) is 0 Å². The molecule has 0 bridgehead atoms. The zero-order valence-electron chi connectivity index (χ0n) is 12.2. The number of rotatable bonds is 5. The molecule has 0 aromatic carbocycles. The van der Waals surface area contributed by atoms with Gasteiger partial charge in [0, 0.05) is 31.4 Å². The van der Waals surface area contributed by atoms with Crippen molar-refractivity contribution < 1.29 is 0 Å². The Balaban J connectivity index is 1.80. The standard InChI is InChI=1S/C16H25N3/c1-12(2)15-9-13(11-17-14-5-6-14)10-16(18-15)19-7-3-4-8-19/h9-10,12,14,17H,3-8,11H2,1-2H3. The van der Waals surface area contributed by atoms with E-state index in [-0.39, 0.29) is 0 Å². The van der Waals surface area contributed by atoms with Crippen molar-refractivity contribution >= 4 is 5.82 Å². The van der Waals surface area contributed by atoms with Crippen molar-refractivity contribution in [3.63, 3.8) is 0 Å². The van der Waals surface area contributed by atoms with Crippen LogP contribution >= 0.6 is 0 Å². The van der Waals surface area contributed by atoms with Crippen molar-refractivity contribution in [2.45, 2.75) is 58.0 Å². The van der Waals surface area contributed by atoms with Gasteiger partial charge in [0.05, 0.1) is 0 Å². The Bertz CT molecular complexity index is 432. The van der Waals surface area contributed by atoms with Gasteiger partial charge < -0.3 is 10.2 Å². The van der Waals surface area contributed by atoms with Crippen LogP contribution in [0.2, 0.25) is 0 Å². The number of anilines is 1. The maximum atomic E-state index is 4.86. The molecule has 1 aliphatic heterocycles. The topological polar surface area (TPSA) is 28.2 Å². The lowest BCUT2D eigenvalue weighted by Gasteiger charge is -2.19. The van der Waals surface area contributed by atoms with Crippen LogP contribution in [0.15, 0.2) is 12.1 Å². The lowest BCUT2D eigenvalue weighted by molar-refractivity contribution is 0.683. The lowest BCUT2D eigenvalue weighted by Crippen LogP contribution is -2.21. The molecule has 1 aromatic heterocycles. The highest BCUT2D eigenvalue weighted by Crippen LogP contribution is 2.24. The molecular weight excluding hydrogens is 234 g/mol. The minimum Gasteiger partial charge on any atom is -0.357 e. The molecular formula is C16H25N3. The summed E-state index contributed by atoms with van der Waals surface area (Å²) in [5.41, 5.74) is 2.63. The van der Waals surface area contributed by atoms with Crippen molar-refractivity contribution in [3.8, 4) is 0 Å². The number of nitrogens with zero attached hydrogens (tertiary/aromatic N) is 2. The molecule has 0 amide bonds. The van der Waals surface area contributed by atoms with Crippen LogP contribution in [0.5, 0.6) is 0 Å². The van der Waals surface area contributed by atoms with E-state index in [0.717, 1.165) is 12.6 Å². The van der Waals surface area contributed by atoms with E-state index in [1.807, 2.05) is 0 Å². The van der Waals surface area contributed by atoms with E-state index >= 15 is 0 Å². The Morgan fingerprint density at radius 3 is 2.63 bits per heavy atom. The highest BCUT2D eigenvalue weighted by molar-refractivity contribution is 5.44. The molecule has 19 heavy (non-hydrogen) atoms. The largest absolute Gasteiger partial charge is 0.357 e. The van der Waals surface area contributed by atoms with Crippen LogP contribution in [-0.2, 0) is 6.54 Å². The first kappa shape index (κ1) is 12.9. The number of hydrogen-bond donors (Lipinski definition) is 1. The molecule has 2 fully saturated rings. The van der Waals surface area contributed by atoms with Gasteiger partial charge in [-0.05, 0) is 49.3 Å². The predicted octanol–water partition coefficient (Wildman–Crippen LogP) is 3.06. The first-order chi connectivity index (χ1) is 9.22. The highest BCUT2D eigenvalue weighted by atomic mass is 15.2. The van der Waals surface area contributed by atoms with E-state index in [0.29, 0.717) is 5.92 Å². The van der Waals surface area contributed by atoms with Crippen LogP contribution in [0.25, 0.3) is 0 Å². The molecule has 104 valence electrons. The molecule has 3 rings (SSSR count). The normalized spacial score (nSPS) is 19.4. The summed E-state index contributed by atoms with van der Waals surface area (Å²) in [7, 11) is 0. The summed E-state index contributed by atoms with van der Waals surface area (Å²) in [6.45, 7) is 7.80. The van der Waals surface area contributed by atoms with Gasteiger partial charge in [-0.25, -0.2) is 4.98 Å². The zero-order chi connectivity index (χ0) is 13.2. The molecule has 1 aliphatic carbocycles. The fraction of sp³-hybridized carbons (Fsp3) is 0.688. The molecule has 1 N–H and O–H groups in total. The van der Waals surface area contributed by atoms with Crippen LogP contribution < -0.4 is 10.2 Å². The van der Waals surface area contributed by atoms with Crippen LogP contribution in [0, 0.1) is 0 Å². The highest BCUT2D eigenvalue weighted by Gasteiger charge is 2.21. The monoisotopic (exact) mass is 259 g/mol. The zero-order valence-corrected chi connectivity index (χ0v) is 12.2. The first-order valence-electron chi connectivity index (χ1n) is 7.71. The maximum Gasteiger partial charge on any atom is 0.129 e. The van der Waals surface area contributed by atoms with Gasteiger partial charge in [0.1, 0.15) is 5.82 Å². The van der Waals surface area contributed by atoms with Gasteiger partial charge in [-0.1, -0.05) is 13.8 Å². The molecule has 1 saturated heterocycles. The van der Waals surface area contributed by atoms with Crippen LogP contribution in [0.1, 0.15) is 56.7 Å². The van der Waals surface area contributed by atoms with Gasteiger partial charge >= 0.3 is 0 Å². The molecule has 1 saturated carbocycles. The van der Waals surface area contributed by atoms with Crippen molar-refractivity contribution in [1.82, 2.24) is 10.3 Å². The molecule has 0 unspecified atom stereocenters. The Hall–Kier alpha value is -1.09. The molecule has 2 aliphatic rings. The van der Waals surface area contributed by atoms with Gasteiger partial charge in [0.25, 0.3) is 0 Å². The van der Waals surface area contributed by atoms with E-state index < -0.39 is 0 Å². The molecule has 3 nitrogen and oxygen atoms in total. The van der Waals surface area contributed by atoms with Crippen LogP contribution in [-0.4, -0.2) is 24.1 Å². The van der Waals surface area contributed by atoms with Crippen molar-refractivity contribution in [2.75, 3.05) is 18.0 Å². The number of hydrogen-bond acceptors (Lipinski definition) is 3. The van der Waals surface area contributed by atoms with Gasteiger partial charge in [-0.2, -0.15) is 0 Å². The second kappa shape index (κ2) is 5.49. The van der Waals surface area contributed by atoms with E-state index in [9.17, 15) is 0 Å². The van der Waals surface area contributed by atoms with Crippen LogP contribution in [0.4, 0.5) is 5.82 Å². The summed E-state index contributed by atoms with van der Waals surface area (Å²) in [6.07, 6.45) is 5.31. The Morgan fingerprint density at radius 1 is 1.26 bits per heavy atom. The van der Waals surface area contributed by atoms with Crippen molar-refractivity contribution in [2.24, 2.45) is 0 Å². The molecule has 2 heterocycles. The summed E-state index contributed by atoms with van der Waals surface area (Å²) in [5, 5.41) is 3.61. The minimum atomic E-state index is 0.502. The Morgan fingerprint density at radius 2 is 2.00 bits per heavy atom. The van der Waals surface area contributed by atoms with Crippen LogP contribution in [0.3, 0.4) is 0 Å². The van der Waals surface area contributed by atoms with E-state index in [2.05, 4.69) is 36.2 Å². The smallest absolute Gasteiger partial charge is 0.129 e. The summed E-state index contributed by atoms with van der Waals surface area (Å²) in [6, 6.07) is 5.33. The third-order valence-electron chi connectivity index (χ3n) is 4.09. The number of nitrogens with one attached hydrogen (secondary N) is 1. The van der Waals surface area contributed by atoms with Gasteiger partial charge in [0.2, 0.25) is 0 Å². The van der Waals surface area contributed by atoms with Crippen molar-refractivity contribution in [3.05, 3.63) is 23.4 Å². The van der Waals surface area contributed by atoms with Crippen molar-refractivity contribution in [1.29, 1.82) is 0 Å². The fourth-order valence-corrected chi connectivity index (χ4v) is 2.65. The summed E-state index contributed by atoms with van der Waals surface area (Å²) in [4.78, 5) is 7.29. The van der Waals surface area contributed by atoms with E-state index in [1.54, 1.807) is 0 Å². The second-order valence-electron chi connectivity index (χ2n) is 6.26. The molecule has 3 heteroatoms. The average Bonchev–Trinajstić information content (AvgIpc) is 3.07. The first-order valence-corrected chi connectivity index (χ1v) is 7.71. The molecule has 0 atom stereocenters. The van der Waals surface area contributed by atoms with Gasteiger partial charge in [-0.3, -0.25) is 0 Å². The molecule has 0 spiro atoms. The average molecular weight is 259 g/mol. The fourth-order valence-electron chi connectivity index (χ4n) is 2.65. The predicted molar refractivity (Wildman–Crippen MR) is 79.6 cm³/mol. The number of aromatic nitrogens is 1. The van der Waals surface area contributed by atoms with Gasteiger partial charge in [-0.15, -0.1) is 0 Å². The third kappa shape index (κ3) is 3.27. The Labute approximate surface area is 116 Å². The van der Waals surface area contributed by atoms with E-state index in [1.165, 1.54) is 55.8 Å². The lowest BCUT2D eigenvalue weighted by atomic mass is 10.1. The number of pyridine rings is 1. The SMILES string of the molecule is CC(C)c1cc(CNC2CC2)cc(N2CCCC2)n1. The molecule has 0 radical (unpaired) electrons. The third-order valence-corrected chi connectivity index (χ3v) is 4.09.